The Balaban J connectivity index is 1.79. The lowest BCUT2D eigenvalue weighted by atomic mass is 10.2. The van der Waals surface area contributed by atoms with Gasteiger partial charge >= 0.3 is 0 Å². The molecule has 1 atom stereocenters. The fraction of sp³-hybridized carbons (Fsp3) is 0.125. The van der Waals surface area contributed by atoms with E-state index in [0.29, 0.717) is 5.56 Å². The van der Waals surface area contributed by atoms with Crippen LogP contribution in [0.25, 0.3) is 11.4 Å². The highest BCUT2D eigenvalue weighted by Crippen LogP contribution is 2.20. The van der Waals surface area contributed by atoms with Crippen LogP contribution in [0.3, 0.4) is 0 Å². The summed E-state index contributed by atoms with van der Waals surface area (Å²) in [4.78, 5) is 4.31. The maximum absolute atomic E-state index is 12.9. The summed E-state index contributed by atoms with van der Waals surface area (Å²) in [5.41, 5.74) is 0.574. The van der Waals surface area contributed by atoms with Crippen molar-refractivity contribution in [2.75, 3.05) is 0 Å². The maximum atomic E-state index is 12.9. The van der Waals surface area contributed by atoms with Gasteiger partial charge in [-0.1, -0.05) is 23.4 Å². The zero-order chi connectivity index (χ0) is 17.2. The number of nitrogens with zero attached hydrogens (tertiary/aromatic N) is 2. The van der Waals surface area contributed by atoms with Gasteiger partial charge in [0.05, 0.1) is 10.9 Å². The highest BCUT2D eigenvalue weighted by molar-refractivity contribution is 7.89. The van der Waals surface area contributed by atoms with Gasteiger partial charge in [0.1, 0.15) is 5.82 Å². The molecule has 0 saturated carbocycles. The third-order valence-electron chi connectivity index (χ3n) is 3.30. The molecule has 0 radical (unpaired) electrons. The zero-order valence-electron chi connectivity index (χ0n) is 12.7. The van der Waals surface area contributed by atoms with E-state index in [4.69, 9.17) is 4.52 Å². The van der Waals surface area contributed by atoms with E-state index >= 15 is 0 Å². The van der Waals surface area contributed by atoms with Crippen LogP contribution in [0.15, 0.2) is 64.0 Å². The molecule has 1 heterocycles. The summed E-state index contributed by atoms with van der Waals surface area (Å²) < 4.78 is 45.1. The van der Waals surface area contributed by atoms with E-state index in [-0.39, 0.29) is 22.4 Å². The van der Waals surface area contributed by atoms with Crippen LogP contribution < -0.4 is 4.72 Å². The first-order valence-electron chi connectivity index (χ1n) is 7.12. The minimum absolute atomic E-state index is 0.119. The summed E-state index contributed by atoms with van der Waals surface area (Å²) in [5.74, 6) is 0.0102. The van der Waals surface area contributed by atoms with E-state index in [9.17, 15) is 12.8 Å². The Labute approximate surface area is 138 Å². The second kappa shape index (κ2) is 6.50. The van der Waals surface area contributed by atoms with Crippen molar-refractivity contribution in [3.63, 3.8) is 0 Å². The SMILES string of the molecule is C[C@@H](NS(=O)(=O)c1ccccc1)c1nc(-c2ccc(F)cc2)no1. The normalized spacial score (nSPS) is 12.9. The van der Waals surface area contributed by atoms with Gasteiger partial charge in [0.25, 0.3) is 0 Å². The number of rotatable bonds is 5. The second-order valence-corrected chi connectivity index (χ2v) is 6.83. The fourth-order valence-corrected chi connectivity index (χ4v) is 3.30. The number of hydrogen-bond donors (Lipinski definition) is 1. The second-order valence-electron chi connectivity index (χ2n) is 5.12. The molecule has 24 heavy (non-hydrogen) atoms. The molecule has 0 fully saturated rings. The standard InChI is InChI=1S/C16H14FN3O3S/c1-11(20-24(21,22)14-5-3-2-4-6-14)16-18-15(19-23-16)12-7-9-13(17)10-8-12/h2-11,20H,1H3/t11-/m1/s1. The Kier molecular flexibility index (Phi) is 4.41. The minimum Gasteiger partial charge on any atom is -0.337 e. The molecule has 0 bridgehead atoms. The van der Waals surface area contributed by atoms with Gasteiger partial charge < -0.3 is 4.52 Å². The average molecular weight is 347 g/mol. The van der Waals surface area contributed by atoms with Gasteiger partial charge in [-0.15, -0.1) is 0 Å². The van der Waals surface area contributed by atoms with Crippen molar-refractivity contribution < 1.29 is 17.3 Å². The van der Waals surface area contributed by atoms with Crippen molar-refractivity contribution in [3.05, 3.63) is 66.3 Å². The molecule has 2 aromatic carbocycles. The largest absolute Gasteiger partial charge is 0.337 e. The van der Waals surface area contributed by atoms with E-state index in [0.717, 1.165) is 0 Å². The Morgan fingerprint density at radius 2 is 1.75 bits per heavy atom. The van der Waals surface area contributed by atoms with Crippen LogP contribution in [0.4, 0.5) is 4.39 Å². The first-order valence-corrected chi connectivity index (χ1v) is 8.61. The van der Waals surface area contributed by atoms with Gasteiger partial charge in [-0.2, -0.15) is 9.71 Å². The Morgan fingerprint density at radius 1 is 1.08 bits per heavy atom. The van der Waals surface area contributed by atoms with E-state index in [1.54, 1.807) is 25.1 Å². The van der Waals surface area contributed by atoms with E-state index in [2.05, 4.69) is 14.9 Å². The van der Waals surface area contributed by atoms with Crippen molar-refractivity contribution in [3.8, 4) is 11.4 Å². The van der Waals surface area contributed by atoms with Crippen molar-refractivity contribution in [1.82, 2.24) is 14.9 Å². The monoisotopic (exact) mass is 347 g/mol. The first-order chi connectivity index (χ1) is 11.5. The summed E-state index contributed by atoms with van der Waals surface area (Å²) in [7, 11) is -3.70. The van der Waals surface area contributed by atoms with Gasteiger partial charge in [0.15, 0.2) is 0 Å². The van der Waals surface area contributed by atoms with Crippen LogP contribution >= 0.6 is 0 Å². The van der Waals surface area contributed by atoms with Crippen LogP contribution in [0.1, 0.15) is 18.9 Å². The summed E-state index contributed by atoms with van der Waals surface area (Å²) in [6.45, 7) is 1.60. The highest BCUT2D eigenvalue weighted by Gasteiger charge is 2.22. The molecule has 0 saturated heterocycles. The minimum atomic E-state index is -3.70. The van der Waals surface area contributed by atoms with Crippen molar-refractivity contribution in [1.29, 1.82) is 0 Å². The van der Waals surface area contributed by atoms with Crippen molar-refractivity contribution in [2.45, 2.75) is 17.9 Å². The molecular formula is C16H14FN3O3S. The van der Waals surface area contributed by atoms with Crippen LogP contribution in [0.2, 0.25) is 0 Å². The predicted molar refractivity (Wildman–Crippen MR) is 84.9 cm³/mol. The number of hydrogen-bond acceptors (Lipinski definition) is 5. The molecule has 0 aliphatic rings. The molecule has 3 aromatic rings. The fourth-order valence-electron chi connectivity index (χ4n) is 2.08. The molecule has 0 amide bonds. The van der Waals surface area contributed by atoms with E-state index in [1.165, 1.54) is 36.4 Å². The first kappa shape index (κ1) is 16.3. The highest BCUT2D eigenvalue weighted by atomic mass is 32.2. The molecule has 6 nitrogen and oxygen atoms in total. The molecule has 1 aromatic heterocycles. The Morgan fingerprint density at radius 3 is 2.42 bits per heavy atom. The van der Waals surface area contributed by atoms with Crippen LogP contribution in [-0.2, 0) is 10.0 Å². The van der Waals surface area contributed by atoms with Gasteiger partial charge in [-0.3, -0.25) is 0 Å². The molecule has 1 N–H and O–H groups in total. The van der Waals surface area contributed by atoms with Crippen LogP contribution in [-0.4, -0.2) is 18.6 Å². The molecule has 0 unspecified atom stereocenters. The quantitative estimate of drug-likeness (QED) is 0.767. The van der Waals surface area contributed by atoms with Gasteiger partial charge in [0.2, 0.25) is 21.7 Å². The number of halogens is 1. The summed E-state index contributed by atoms with van der Waals surface area (Å²) in [5, 5.41) is 3.80. The topological polar surface area (TPSA) is 85.1 Å². The molecule has 0 aliphatic carbocycles. The summed E-state index contributed by atoms with van der Waals surface area (Å²) in [6.07, 6.45) is 0. The van der Waals surface area contributed by atoms with Crippen molar-refractivity contribution in [2.24, 2.45) is 0 Å². The van der Waals surface area contributed by atoms with Crippen LogP contribution in [0, 0.1) is 5.82 Å². The third kappa shape index (κ3) is 3.50. The summed E-state index contributed by atoms with van der Waals surface area (Å²) >= 11 is 0. The summed E-state index contributed by atoms with van der Waals surface area (Å²) in [6, 6.07) is 12.9. The van der Waals surface area contributed by atoms with Gasteiger partial charge in [-0.25, -0.2) is 12.8 Å². The lowest BCUT2D eigenvalue weighted by Gasteiger charge is -2.10. The van der Waals surface area contributed by atoms with Gasteiger partial charge in [0, 0.05) is 5.56 Å². The van der Waals surface area contributed by atoms with Gasteiger partial charge in [-0.05, 0) is 43.3 Å². The maximum Gasteiger partial charge on any atom is 0.244 e. The molecule has 8 heteroatoms. The van der Waals surface area contributed by atoms with Crippen LogP contribution in [0.5, 0.6) is 0 Å². The lowest BCUT2D eigenvalue weighted by Crippen LogP contribution is -2.27. The lowest BCUT2D eigenvalue weighted by molar-refractivity contribution is 0.354. The van der Waals surface area contributed by atoms with E-state index < -0.39 is 16.1 Å². The van der Waals surface area contributed by atoms with E-state index in [1.807, 2.05) is 0 Å². The molecule has 0 aliphatic heterocycles. The molecular weight excluding hydrogens is 333 g/mol. The zero-order valence-corrected chi connectivity index (χ0v) is 13.5. The molecule has 124 valence electrons. The molecule has 3 rings (SSSR count). The Hall–Kier alpha value is -2.58. The third-order valence-corrected chi connectivity index (χ3v) is 4.86. The number of benzene rings is 2. The average Bonchev–Trinajstić information content (AvgIpc) is 3.06. The van der Waals surface area contributed by atoms with Crippen molar-refractivity contribution >= 4 is 10.0 Å². The number of sulfonamides is 1. The smallest absolute Gasteiger partial charge is 0.244 e. The number of nitrogens with one attached hydrogen (secondary N) is 1. The predicted octanol–water partition coefficient (Wildman–Crippen LogP) is 2.92. The molecule has 0 spiro atoms. The number of aromatic nitrogens is 2. The Bertz CT molecular complexity index is 925.